The van der Waals surface area contributed by atoms with Gasteiger partial charge in [0.15, 0.2) is 0 Å². The lowest BCUT2D eigenvalue weighted by molar-refractivity contribution is -0.142. The van der Waals surface area contributed by atoms with Crippen molar-refractivity contribution in [1.82, 2.24) is 47.0 Å². The second-order valence-electron chi connectivity index (χ2n) is 17.3. The van der Waals surface area contributed by atoms with Crippen LogP contribution in [0.3, 0.4) is 0 Å². The zero-order chi connectivity index (χ0) is 49.2. The maximum absolute atomic E-state index is 13.9. The Hall–Kier alpha value is -6.90. The van der Waals surface area contributed by atoms with Gasteiger partial charge < -0.3 is 57.9 Å². The highest BCUT2D eigenvalue weighted by Crippen LogP contribution is 2.21. The molecule has 0 saturated carbocycles. The normalized spacial score (nSPS) is 17.4. The van der Waals surface area contributed by atoms with Gasteiger partial charge in [0.05, 0.1) is 25.7 Å². The molecule has 2 aromatic rings. The Balaban J connectivity index is 1.31. The minimum Gasteiger partial charge on any atom is -0.480 e. The third kappa shape index (κ3) is 16.2. The van der Waals surface area contributed by atoms with Gasteiger partial charge in [-0.25, -0.2) is 0 Å². The number of nitrogens with one attached hydrogen (secondary N) is 7. The molecule has 0 aromatic heterocycles. The molecular formula is C46H64N10O11. The molecular weight excluding hydrogens is 869 g/mol. The van der Waals surface area contributed by atoms with Crippen LogP contribution in [0, 0.1) is 11.8 Å². The van der Waals surface area contributed by atoms with Crippen LogP contribution >= 0.6 is 0 Å². The molecule has 2 heterocycles. The minimum absolute atomic E-state index is 0.0372. The van der Waals surface area contributed by atoms with Crippen molar-refractivity contribution in [3.8, 4) is 0 Å². The van der Waals surface area contributed by atoms with Crippen molar-refractivity contribution in [2.75, 3.05) is 39.3 Å². The van der Waals surface area contributed by atoms with Crippen LogP contribution in [-0.4, -0.2) is 150 Å². The van der Waals surface area contributed by atoms with Crippen molar-refractivity contribution >= 4 is 59.1 Å². The summed E-state index contributed by atoms with van der Waals surface area (Å²) in [5.74, 6) is -7.50. The van der Waals surface area contributed by atoms with Crippen molar-refractivity contribution < 1.29 is 53.1 Å². The summed E-state index contributed by atoms with van der Waals surface area (Å²) in [4.78, 5) is 133. The van der Waals surface area contributed by atoms with E-state index in [9.17, 15) is 47.9 Å². The smallest absolute Gasteiger partial charge is 0.322 e. The van der Waals surface area contributed by atoms with E-state index < -0.39 is 122 Å². The van der Waals surface area contributed by atoms with Gasteiger partial charge in [-0.05, 0) is 48.6 Å². The van der Waals surface area contributed by atoms with Gasteiger partial charge in [0, 0.05) is 25.9 Å². The van der Waals surface area contributed by atoms with E-state index >= 15 is 0 Å². The predicted molar refractivity (Wildman–Crippen MR) is 243 cm³/mol. The quantitative estimate of drug-likeness (QED) is 0.0591. The molecule has 4 rings (SSSR count). The Morgan fingerprint density at radius 3 is 1.39 bits per heavy atom. The number of nitrogens with two attached hydrogens (primary N) is 1. The van der Waals surface area contributed by atoms with E-state index in [0.717, 1.165) is 0 Å². The van der Waals surface area contributed by atoms with Gasteiger partial charge in [-0.2, -0.15) is 0 Å². The number of likely N-dealkylation sites (tertiary alicyclic amines) is 2. The molecule has 2 aromatic carbocycles. The third-order valence-electron chi connectivity index (χ3n) is 11.5. The summed E-state index contributed by atoms with van der Waals surface area (Å²) in [6, 6.07) is 11.6. The lowest BCUT2D eigenvalue weighted by atomic mass is 10.0. The lowest BCUT2D eigenvalue weighted by Gasteiger charge is -2.30. The van der Waals surface area contributed by atoms with E-state index in [0.29, 0.717) is 36.9 Å². The first-order chi connectivity index (χ1) is 31.9. The summed E-state index contributed by atoms with van der Waals surface area (Å²) in [6.45, 7) is 5.30. The Kier molecular flexibility index (Phi) is 20.2. The highest BCUT2D eigenvalue weighted by Gasteiger charge is 2.40. The Bertz CT molecular complexity index is 2090. The van der Waals surface area contributed by atoms with E-state index in [1.54, 1.807) is 74.5 Å². The molecule has 2 saturated heterocycles. The molecule has 10 N–H and O–H groups in total. The number of amides is 9. The number of carboxylic acids is 1. The average molecular weight is 933 g/mol. The van der Waals surface area contributed by atoms with E-state index in [1.807, 2.05) is 13.8 Å². The average Bonchev–Trinajstić information content (AvgIpc) is 4.01. The van der Waals surface area contributed by atoms with Gasteiger partial charge in [-0.15, -0.1) is 0 Å². The lowest BCUT2D eigenvalue weighted by Crippen LogP contribution is -2.57. The first kappa shape index (κ1) is 52.7. The summed E-state index contributed by atoms with van der Waals surface area (Å²) in [5.41, 5.74) is 7.45. The highest BCUT2D eigenvalue weighted by molar-refractivity contribution is 5.97. The molecule has 364 valence electrons. The molecule has 0 aliphatic carbocycles. The van der Waals surface area contributed by atoms with Crippen LogP contribution in [0.1, 0.15) is 64.5 Å². The van der Waals surface area contributed by atoms with Gasteiger partial charge >= 0.3 is 5.97 Å². The molecule has 0 bridgehead atoms. The SMILES string of the molecule is CC(C)[C@H](N)C(=O)N1CCC[C@H]1C(=O)NCC(=O)N[C@@H](Cc1ccccc1)C(=O)NCC(=O)N[C@H](C(=O)N1CCC[C@H]1C(=O)NCC(=O)N[C@@H](Cc1ccccc1)C(=O)NCC(=O)O)C(C)C. The van der Waals surface area contributed by atoms with Crippen LogP contribution in [-0.2, 0) is 60.8 Å². The van der Waals surface area contributed by atoms with Crippen molar-refractivity contribution in [3.63, 3.8) is 0 Å². The van der Waals surface area contributed by atoms with E-state index in [-0.39, 0.29) is 37.6 Å². The highest BCUT2D eigenvalue weighted by atomic mass is 16.4. The standard InChI is InChI=1S/C46H64N10O11/c1-27(2)39(47)45(66)55-19-11-17-33(55)43(64)49-23-35(57)52-31(21-29-13-7-5-8-14-29)41(62)48-25-37(59)54-40(28(3)4)46(67)56-20-12-18-34(56)44(65)50-24-36(58)53-32(42(63)51-26-38(60)61)22-30-15-9-6-10-16-30/h5-10,13-16,27-28,31-34,39-40H,11-12,17-26,47H2,1-4H3,(H,48,62)(H,49,64)(H,50,65)(H,51,63)(H,52,57)(H,53,58)(H,54,59)(H,60,61)/t31-,32-,33-,34-,39-,40-/m0/s1. The van der Waals surface area contributed by atoms with Gasteiger partial charge in [0.25, 0.3) is 0 Å². The zero-order valence-electron chi connectivity index (χ0n) is 38.4. The van der Waals surface area contributed by atoms with Crippen molar-refractivity contribution in [1.29, 1.82) is 0 Å². The number of aliphatic carboxylic acids is 1. The summed E-state index contributed by atoms with van der Waals surface area (Å²) < 4.78 is 0. The molecule has 21 nitrogen and oxygen atoms in total. The fourth-order valence-corrected chi connectivity index (χ4v) is 7.76. The maximum atomic E-state index is 13.9. The van der Waals surface area contributed by atoms with Crippen LogP contribution in [0.5, 0.6) is 0 Å². The first-order valence-electron chi connectivity index (χ1n) is 22.5. The molecule has 0 unspecified atom stereocenters. The topological polar surface area (TPSA) is 308 Å². The predicted octanol–water partition coefficient (Wildman–Crippen LogP) is -1.90. The summed E-state index contributed by atoms with van der Waals surface area (Å²) >= 11 is 0. The summed E-state index contributed by atoms with van der Waals surface area (Å²) in [5, 5.41) is 26.7. The second-order valence-corrected chi connectivity index (χ2v) is 17.3. The van der Waals surface area contributed by atoms with E-state index in [2.05, 4.69) is 37.2 Å². The summed E-state index contributed by atoms with van der Waals surface area (Å²) in [7, 11) is 0. The number of hydrogen-bond acceptors (Lipinski definition) is 11. The molecule has 2 fully saturated rings. The van der Waals surface area contributed by atoms with Gasteiger partial charge in [-0.1, -0.05) is 88.4 Å². The van der Waals surface area contributed by atoms with Crippen LogP contribution in [0.4, 0.5) is 0 Å². The number of benzene rings is 2. The Labute approximate surface area is 389 Å². The number of nitrogens with zero attached hydrogens (tertiary/aromatic N) is 2. The number of carbonyl (C=O) groups excluding carboxylic acids is 9. The molecule has 2 aliphatic heterocycles. The molecule has 21 heteroatoms. The van der Waals surface area contributed by atoms with E-state index in [4.69, 9.17) is 10.8 Å². The van der Waals surface area contributed by atoms with Gasteiger partial charge in [-0.3, -0.25) is 47.9 Å². The minimum atomic E-state index is -1.27. The Morgan fingerprint density at radius 2 is 0.970 bits per heavy atom. The maximum Gasteiger partial charge on any atom is 0.322 e. The fraction of sp³-hybridized carbons (Fsp3) is 0.522. The van der Waals surface area contributed by atoms with E-state index in [1.165, 1.54) is 9.80 Å². The molecule has 6 atom stereocenters. The number of hydrogen-bond donors (Lipinski definition) is 9. The van der Waals surface area contributed by atoms with Crippen LogP contribution in [0.15, 0.2) is 60.7 Å². The Morgan fingerprint density at radius 1 is 0.567 bits per heavy atom. The van der Waals surface area contributed by atoms with Gasteiger partial charge in [0.1, 0.15) is 36.8 Å². The van der Waals surface area contributed by atoms with Crippen molar-refractivity contribution in [2.45, 2.75) is 102 Å². The fourth-order valence-electron chi connectivity index (χ4n) is 7.76. The van der Waals surface area contributed by atoms with Gasteiger partial charge in [0.2, 0.25) is 53.2 Å². The molecule has 67 heavy (non-hydrogen) atoms. The number of rotatable bonds is 23. The van der Waals surface area contributed by atoms with Crippen LogP contribution in [0.25, 0.3) is 0 Å². The van der Waals surface area contributed by atoms with Crippen LogP contribution in [0.2, 0.25) is 0 Å². The largest absolute Gasteiger partial charge is 0.480 e. The molecule has 0 radical (unpaired) electrons. The monoisotopic (exact) mass is 932 g/mol. The van der Waals surface area contributed by atoms with Crippen molar-refractivity contribution in [3.05, 3.63) is 71.8 Å². The van der Waals surface area contributed by atoms with Crippen LogP contribution < -0.4 is 43.0 Å². The first-order valence-corrected chi connectivity index (χ1v) is 22.5. The number of carbonyl (C=O) groups is 10. The molecule has 9 amide bonds. The molecule has 0 spiro atoms. The third-order valence-corrected chi connectivity index (χ3v) is 11.5. The number of carboxylic acid groups (broad SMARTS) is 1. The molecule has 2 aliphatic rings. The van der Waals surface area contributed by atoms with Crippen molar-refractivity contribution in [2.24, 2.45) is 17.6 Å². The zero-order valence-corrected chi connectivity index (χ0v) is 38.4. The summed E-state index contributed by atoms with van der Waals surface area (Å²) in [6.07, 6.45) is 1.82. The second kappa shape index (κ2) is 25.7.